The molecule has 2 aromatic rings. The summed E-state index contributed by atoms with van der Waals surface area (Å²) >= 11 is 0. The fourth-order valence-corrected chi connectivity index (χ4v) is 4.01. The third-order valence-corrected chi connectivity index (χ3v) is 5.51. The fraction of sp³-hybridized carbons (Fsp3) is 0.261. The van der Waals surface area contributed by atoms with Gasteiger partial charge in [-0.2, -0.15) is 0 Å². The highest BCUT2D eigenvalue weighted by molar-refractivity contribution is 6.24. The minimum atomic E-state index is -0.323. The molecule has 0 spiro atoms. The van der Waals surface area contributed by atoms with Crippen molar-refractivity contribution in [1.82, 2.24) is 5.32 Å². The van der Waals surface area contributed by atoms with Gasteiger partial charge in [0, 0.05) is 6.54 Å². The number of nitrogens with one attached hydrogen (secondary N) is 1. The SMILES string of the molecule is CC1=CC[C@H]2C(=O)N(c3ccccc3C(=O)NCc3ccccc3)C(=O)[C@@H]2C1. The maximum absolute atomic E-state index is 13.0. The highest BCUT2D eigenvalue weighted by Gasteiger charge is 2.49. The third-order valence-electron chi connectivity index (χ3n) is 5.51. The first-order chi connectivity index (χ1) is 13.6. The van der Waals surface area contributed by atoms with Crippen LogP contribution in [0.4, 0.5) is 5.69 Å². The van der Waals surface area contributed by atoms with Gasteiger partial charge < -0.3 is 5.32 Å². The van der Waals surface area contributed by atoms with E-state index in [-0.39, 0.29) is 29.6 Å². The molecule has 1 saturated heterocycles. The Morgan fingerprint density at radius 1 is 1.00 bits per heavy atom. The van der Waals surface area contributed by atoms with E-state index in [0.717, 1.165) is 11.1 Å². The number of anilines is 1. The second-order valence-corrected chi connectivity index (χ2v) is 7.40. The van der Waals surface area contributed by atoms with Crippen molar-refractivity contribution >= 4 is 23.4 Å². The number of para-hydroxylation sites is 1. The smallest absolute Gasteiger partial charge is 0.253 e. The maximum atomic E-state index is 13.0. The highest BCUT2D eigenvalue weighted by Crippen LogP contribution is 2.40. The largest absolute Gasteiger partial charge is 0.348 e. The molecule has 0 unspecified atom stereocenters. The van der Waals surface area contributed by atoms with Gasteiger partial charge in [0.05, 0.1) is 23.1 Å². The zero-order chi connectivity index (χ0) is 19.7. The monoisotopic (exact) mass is 374 g/mol. The van der Waals surface area contributed by atoms with Gasteiger partial charge in [-0.25, -0.2) is 4.90 Å². The molecule has 5 heteroatoms. The number of carbonyl (C=O) groups is 3. The number of hydrogen-bond acceptors (Lipinski definition) is 3. The summed E-state index contributed by atoms with van der Waals surface area (Å²) in [4.78, 5) is 40.0. The first-order valence-corrected chi connectivity index (χ1v) is 9.51. The molecule has 2 atom stereocenters. The van der Waals surface area contributed by atoms with Crippen LogP contribution >= 0.6 is 0 Å². The van der Waals surface area contributed by atoms with Crippen LogP contribution in [0.15, 0.2) is 66.2 Å². The van der Waals surface area contributed by atoms with Gasteiger partial charge >= 0.3 is 0 Å². The van der Waals surface area contributed by atoms with E-state index in [1.807, 2.05) is 43.3 Å². The number of rotatable bonds is 4. The summed E-state index contributed by atoms with van der Waals surface area (Å²) in [5.41, 5.74) is 2.82. The molecule has 1 N–H and O–H groups in total. The minimum absolute atomic E-state index is 0.203. The van der Waals surface area contributed by atoms with Crippen molar-refractivity contribution in [3.8, 4) is 0 Å². The van der Waals surface area contributed by atoms with Crippen LogP contribution < -0.4 is 10.2 Å². The van der Waals surface area contributed by atoms with Crippen molar-refractivity contribution in [2.45, 2.75) is 26.3 Å². The summed E-state index contributed by atoms with van der Waals surface area (Å²) < 4.78 is 0. The van der Waals surface area contributed by atoms with Crippen LogP contribution in [0.25, 0.3) is 0 Å². The minimum Gasteiger partial charge on any atom is -0.348 e. The molecule has 3 amide bonds. The number of allylic oxidation sites excluding steroid dienone is 2. The molecule has 0 aromatic heterocycles. The average molecular weight is 374 g/mol. The van der Waals surface area contributed by atoms with Crippen LogP contribution in [0, 0.1) is 11.8 Å². The molecule has 1 heterocycles. The van der Waals surface area contributed by atoms with E-state index in [1.54, 1.807) is 24.3 Å². The molecular weight excluding hydrogens is 352 g/mol. The first kappa shape index (κ1) is 18.2. The zero-order valence-electron chi connectivity index (χ0n) is 15.7. The van der Waals surface area contributed by atoms with Gasteiger partial charge in [0.2, 0.25) is 11.8 Å². The van der Waals surface area contributed by atoms with Crippen LogP contribution in [0.2, 0.25) is 0 Å². The standard InChI is InChI=1S/C23H22N2O3/c1-15-11-12-17-19(13-15)23(28)25(22(17)27)20-10-6-5-9-18(20)21(26)24-14-16-7-3-2-4-8-16/h2-11,17,19H,12-14H2,1H3,(H,24,26)/t17-,19-/m1/s1. The molecule has 2 aliphatic rings. The van der Waals surface area contributed by atoms with Crippen molar-refractivity contribution < 1.29 is 14.4 Å². The number of benzene rings is 2. The molecule has 2 aromatic carbocycles. The predicted octanol–water partition coefficient (Wildman–Crippen LogP) is 3.46. The number of nitrogens with zero attached hydrogens (tertiary/aromatic N) is 1. The molecule has 0 radical (unpaired) electrons. The van der Waals surface area contributed by atoms with E-state index >= 15 is 0 Å². The lowest BCUT2D eigenvalue weighted by Crippen LogP contribution is -2.34. The Hall–Kier alpha value is -3.21. The molecule has 142 valence electrons. The van der Waals surface area contributed by atoms with Gasteiger partial charge in [0.1, 0.15) is 0 Å². The maximum Gasteiger partial charge on any atom is 0.253 e. The highest BCUT2D eigenvalue weighted by atomic mass is 16.2. The molecule has 1 aliphatic carbocycles. The fourth-order valence-electron chi connectivity index (χ4n) is 4.01. The Balaban J connectivity index is 1.59. The van der Waals surface area contributed by atoms with Crippen LogP contribution in [-0.2, 0) is 16.1 Å². The van der Waals surface area contributed by atoms with E-state index in [0.29, 0.717) is 30.6 Å². The van der Waals surface area contributed by atoms with Crippen molar-refractivity contribution in [2.24, 2.45) is 11.8 Å². The summed E-state index contributed by atoms with van der Waals surface area (Å²) in [7, 11) is 0. The molecule has 0 bridgehead atoms. The van der Waals surface area contributed by atoms with Crippen LogP contribution in [0.5, 0.6) is 0 Å². The van der Waals surface area contributed by atoms with Crippen molar-refractivity contribution in [1.29, 1.82) is 0 Å². The quantitative estimate of drug-likeness (QED) is 0.658. The lowest BCUT2D eigenvalue weighted by molar-refractivity contribution is -0.122. The summed E-state index contributed by atoms with van der Waals surface area (Å²) in [6.45, 7) is 2.37. The van der Waals surface area contributed by atoms with E-state index < -0.39 is 0 Å². The topological polar surface area (TPSA) is 66.5 Å². The summed E-state index contributed by atoms with van der Waals surface area (Å²) in [6.07, 6.45) is 3.22. The Bertz CT molecular complexity index is 965. The molecular formula is C23H22N2O3. The van der Waals surface area contributed by atoms with E-state index in [1.165, 1.54) is 4.90 Å². The normalized spacial score (nSPS) is 21.3. The number of hydrogen-bond donors (Lipinski definition) is 1. The molecule has 1 aliphatic heterocycles. The molecule has 1 fully saturated rings. The van der Waals surface area contributed by atoms with E-state index in [4.69, 9.17) is 0 Å². The van der Waals surface area contributed by atoms with Crippen LogP contribution in [0.1, 0.15) is 35.7 Å². The molecule has 28 heavy (non-hydrogen) atoms. The van der Waals surface area contributed by atoms with Gasteiger partial charge in [-0.05, 0) is 37.5 Å². The van der Waals surface area contributed by atoms with Crippen LogP contribution in [0.3, 0.4) is 0 Å². The lowest BCUT2D eigenvalue weighted by Gasteiger charge is -2.19. The lowest BCUT2D eigenvalue weighted by atomic mass is 9.82. The average Bonchev–Trinajstić information content (AvgIpc) is 2.96. The van der Waals surface area contributed by atoms with Gasteiger partial charge in [-0.3, -0.25) is 14.4 Å². The first-order valence-electron chi connectivity index (χ1n) is 9.51. The summed E-state index contributed by atoms with van der Waals surface area (Å²) in [5.74, 6) is -1.35. The van der Waals surface area contributed by atoms with E-state index in [2.05, 4.69) is 5.32 Å². The summed E-state index contributed by atoms with van der Waals surface area (Å²) in [6, 6.07) is 16.4. The van der Waals surface area contributed by atoms with Gasteiger partial charge in [-0.15, -0.1) is 0 Å². The molecule has 4 rings (SSSR count). The predicted molar refractivity (Wildman–Crippen MR) is 107 cm³/mol. The van der Waals surface area contributed by atoms with Crippen molar-refractivity contribution in [3.05, 3.63) is 77.4 Å². The Morgan fingerprint density at radius 3 is 2.46 bits per heavy atom. The zero-order valence-corrected chi connectivity index (χ0v) is 15.7. The Morgan fingerprint density at radius 2 is 1.68 bits per heavy atom. The number of imide groups is 1. The number of carbonyl (C=O) groups excluding carboxylic acids is 3. The third kappa shape index (κ3) is 3.24. The Labute approximate surface area is 164 Å². The Kier molecular flexibility index (Phi) is 4.82. The second kappa shape index (κ2) is 7.43. The van der Waals surface area contributed by atoms with Gasteiger partial charge in [0.15, 0.2) is 0 Å². The second-order valence-electron chi connectivity index (χ2n) is 7.40. The van der Waals surface area contributed by atoms with E-state index in [9.17, 15) is 14.4 Å². The number of amides is 3. The van der Waals surface area contributed by atoms with Crippen molar-refractivity contribution in [2.75, 3.05) is 4.90 Å². The van der Waals surface area contributed by atoms with Crippen LogP contribution in [-0.4, -0.2) is 17.7 Å². The number of fused-ring (bicyclic) bond motifs is 1. The molecule has 5 nitrogen and oxygen atoms in total. The van der Waals surface area contributed by atoms with Crippen molar-refractivity contribution in [3.63, 3.8) is 0 Å². The van der Waals surface area contributed by atoms with Gasteiger partial charge in [-0.1, -0.05) is 54.1 Å². The van der Waals surface area contributed by atoms with Gasteiger partial charge in [0.25, 0.3) is 5.91 Å². The summed E-state index contributed by atoms with van der Waals surface area (Å²) in [5, 5.41) is 2.88. The molecule has 0 saturated carbocycles.